The van der Waals surface area contributed by atoms with E-state index in [1.54, 1.807) is 41.3 Å². The number of aromatic nitrogens is 4. The van der Waals surface area contributed by atoms with Gasteiger partial charge in [0.2, 0.25) is 10.0 Å². The number of carbonyl (C=O) groups is 1. The van der Waals surface area contributed by atoms with Gasteiger partial charge in [0.1, 0.15) is 6.33 Å². The minimum absolute atomic E-state index is 0.150. The van der Waals surface area contributed by atoms with E-state index in [0.29, 0.717) is 37.3 Å². The van der Waals surface area contributed by atoms with E-state index in [2.05, 4.69) is 15.5 Å². The van der Waals surface area contributed by atoms with Gasteiger partial charge in [-0.25, -0.2) is 13.1 Å². The highest BCUT2D eigenvalue weighted by Gasteiger charge is 2.29. The number of tetrazole rings is 1. The van der Waals surface area contributed by atoms with Crippen LogP contribution in [0.1, 0.15) is 29.8 Å². The largest absolute Gasteiger partial charge is 0.308 e. The third kappa shape index (κ3) is 3.48. The summed E-state index contributed by atoms with van der Waals surface area (Å²) in [5.41, 5.74) is 2.79. The quantitative estimate of drug-likeness (QED) is 0.597. The summed E-state index contributed by atoms with van der Waals surface area (Å²) in [6.45, 7) is 4.96. The van der Waals surface area contributed by atoms with Crippen LogP contribution in [0.3, 0.4) is 0 Å². The maximum absolute atomic E-state index is 13.2. The highest BCUT2D eigenvalue weighted by molar-refractivity contribution is 7.89. The first kappa shape index (κ1) is 20.2. The molecule has 0 aliphatic carbocycles. The van der Waals surface area contributed by atoms with Crippen molar-refractivity contribution in [2.75, 3.05) is 24.5 Å². The van der Waals surface area contributed by atoms with Crippen molar-refractivity contribution in [1.82, 2.24) is 24.5 Å². The van der Waals surface area contributed by atoms with Gasteiger partial charge in [-0.1, -0.05) is 19.9 Å². The topological polar surface area (TPSA) is 101 Å². The molecule has 9 nitrogen and oxygen atoms in total. The van der Waals surface area contributed by atoms with Crippen LogP contribution < -0.4 is 4.90 Å². The Balaban J connectivity index is 1.63. The normalized spacial score (nSPS) is 13.6. The Labute approximate surface area is 175 Å². The first-order valence-electron chi connectivity index (χ1n) is 9.74. The smallest absolute Gasteiger partial charge is 0.258 e. The van der Waals surface area contributed by atoms with Crippen molar-refractivity contribution >= 4 is 21.6 Å². The minimum atomic E-state index is -3.54. The summed E-state index contributed by atoms with van der Waals surface area (Å²) in [6.07, 6.45) is 2.07. The van der Waals surface area contributed by atoms with Gasteiger partial charge in [0.05, 0.1) is 10.6 Å². The molecule has 0 bridgehead atoms. The zero-order valence-corrected chi connectivity index (χ0v) is 17.6. The van der Waals surface area contributed by atoms with Crippen molar-refractivity contribution in [3.63, 3.8) is 0 Å². The number of amides is 1. The fourth-order valence-electron chi connectivity index (χ4n) is 3.68. The molecular formula is C20H22N6O3S. The Hall–Kier alpha value is -3.11. The predicted molar refractivity (Wildman–Crippen MR) is 111 cm³/mol. The van der Waals surface area contributed by atoms with Gasteiger partial charge in [0.25, 0.3) is 5.91 Å². The van der Waals surface area contributed by atoms with Crippen LogP contribution >= 0.6 is 0 Å². The number of sulfonamides is 1. The molecule has 1 aliphatic rings. The molecule has 3 aromatic rings. The van der Waals surface area contributed by atoms with Gasteiger partial charge in [-0.15, -0.1) is 5.10 Å². The highest BCUT2D eigenvalue weighted by atomic mass is 32.2. The summed E-state index contributed by atoms with van der Waals surface area (Å²) < 4.78 is 28.5. The van der Waals surface area contributed by atoms with Gasteiger partial charge in [0.15, 0.2) is 0 Å². The molecule has 0 radical (unpaired) electrons. The Morgan fingerprint density at radius 1 is 1.13 bits per heavy atom. The molecular weight excluding hydrogens is 404 g/mol. The lowest BCUT2D eigenvalue weighted by molar-refractivity contribution is 0.0989. The lowest BCUT2D eigenvalue weighted by atomic mass is 10.1. The molecule has 30 heavy (non-hydrogen) atoms. The van der Waals surface area contributed by atoms with Crippen LogP contribution in [0.15, 0.2) is 53.7 Å². The molecule has 156 valence electrons. The molecule has 10 heteroatoms. The lowest BCUT2D eigenvalue weighted by Crippen LogP contribution is -2.30. The van der Waals surface area contributed by atoms with Crippen molar-refractivity contribution in [3.8, 4) is 5.69 Å². The Kier molecular flexibility index (Phi) is 5.35. The fourth-order valence-corrected chi connectivity index (χ4v) is 5.19. The highest BCUT2D eigenvalue weighted by Crippen LogP contribution is 2.32. The van der Waals surface area contributed by atoms with E-state index in [-0.39, 0.29) is 10.8 Å². The molecule has 0 fully saturated rings. The van der Waals surface area contributed by atoms with Crippen molar-refractivity contribution in [2.45, 2.75) is 25.2 Å². The number of benzene rings is 2. The molecule has 1 aliphatic heterocycles. The monoisotopic (exact) mass is 426 g/mol. The van der Waals surface area contributed by atoms with E-state index >= 15 is 0 Å². The number of nitrogens with zero attached hydrogens (tertiary/aromatic N) is 6. The van der Waals surface area contributed by atoms with Gasteiger partial charge in [-0.05, 0) is 58.8 Å². The summed E-state index contributed by atoms with van der Waals surface area (Å²) in [4.78, 5) is 15.1. The van der Waals surface area contributed by atoms with Gasteiger partial charge in [-0.2, -0.15) is 4.31 Å². The maximum atomic E-state index is 13.2. The van der Waals surface area contributed by atoms with Crippen LogP contribution in [0.4, 0.5) is 5.69 Å². The van der Waals surface area contributed by atoms with E-state index in [4.69, 9.17) is 0 Å². The maximum Gasteiger partial charge on any atom is 0.258 e. The van der Waals surface area contributed by atoms with Crippen LogP contribution in [0.2, 0.25) is 0 Å². The molecule has 1 amide bonds. The number of anilines is 1. The molecule has 0 atom stereocenters. The van der Waals surface area contributed by atoms with Gasteiger partial charge >= 0.3 is 0 Å². The van der Waals surface area contributed by atoms with Crippen molar-refractivity contribution in [3.05, 3.63) is 59.9 Å². The molecule has 1 aromatic heterocycles. The zero-order chi connectivity index (χ0) is 21.3. The molecule has 2 aromatic carbocycles. The summed E-state index contributed by atoms with van der Waals surface area (Å²) in [5, 5.41) is 11.1. The van der Waals surface area contributed by atoms with Crippen molar-refractivity contribution in [1.29, 1.82) is 0 Å². The molecule has 0 saturated heterocycles. The fraction of sp³-hybridized carbons (Fsp3) is 0.300. The second kappa shape index (κ2) is 7.96. The van der Waals surface area contributed by atoms with Gasteiger partial charge < -0.3 is 4.90 Å². The van der Waals surface area contributed by atoms with Gasteiger partial charge in [0, 0.05) is 30.9 Å². The average Bonchev–Trinajstić information content (AvgIpc) is 3.44. The van der Waals surface area contributed by atoms with Gasteiger partial charge in [-0.3, -0.25) is 4.79 Å². The number of hydrogen-bond donors (Lipinski definition) is 0. The number of rotatable bonds is 6. The summed E-state index contributed by atoms with van der Waals surface area (Å²) in [5.74, 6) is -0.150. The van der Waals surface area contributed by atoms with Crippen molar-refractivity contribution < 1.29 is 13.2 Å². The first-order valence-corrected chi connectivity index (χ1v) is 11.2. The Bertz CT molecular complexity index is 1170. The molecule has 0 N–H and O–H groups in total. The van der Waals surface area contributed by atoms with E-state index in [0.717, 1.165) is 11.3 Å². The Morgan fingerprint density at radius 2 is 1.93 bits per heavy atom. The van der Waals surface area contributed by atoms with Crippen LogP contribution in [0.5, 0.6) is 0 Å². The Morgan fingerprint density at radius 3 is 2.63 bits per heavy atom. The molecule has 0 spiro atoms. The van der Waals surface area contributed by atoms with E-state index < -0.39 is 10.0 Å². The first-order chi connectivity index (χ1) is 14.5. The van der Waals surface area contributed by atoms with E-state index in [9.17, 15) is 13.2 Å². The van der Waals surface area contributed by atoms with Crippen LogP contribution in [0.25, 0.3) is 5.69 Å². The van der Waals surface area contributed by atoms with Crippen LogP contribution in [0, 0.1) is 0 Å². The minimum Gasteiger partial charge on any atom is -0.308 e. The average molecular weight is 427 g/mol. The summed E-state index contributed by atoms with van der Waals surface area (Å²) in [7, 11) is -3.54. The standard InChI is InChI=1S/C20H22N6O3S/c1-3-24(4-2)30(28,29)18-8-9-19-15(13-18)10-11-25(19)20(27)16-6-5-7-17(12-16)26-14-21-22-23-26/h5-9,12-14H,3-4,10-11H2,1-2H3. The molecule has 0 saturated carbocycles. The summed E-state index contributed by atoms with van der Waals surface area (Å²) in [6, 6.07) is 12.1. The second-order valence-corrected chi connectivity index (χ2v) is 8.83. The molecule has 4 rings (SSSR count). The van der Waals surface area contributed by atoms with E-state index in [1.807, 2.05) is 19.9 Å². The molecule has 2 heterocycles. The molecule has 0 unspecified atom stereocenters. The van der Waals surface area contributed by atoms with Crippen molar-refractivity contribution in [2.24, 2.45) is 0 Å². The SMILES string of the molecule is CCN(CC)S(=O)(=O)c1ccc2c(c1)CCN2C(=O)c1cccc(-n2cnnn2)c1. The third-order valence-corrected chi connectivity index (χ3v) is 7.29. The second-order valence-electron chi connectivity index (χ2n) is 6.89. The van der Waals surface area contributed by atoms with Crippen LogP contribution in [-0.2, 0) is 16.4 Å². The summed E-state index contributed by atoms with van der Waals surface area (Å²) >= 11 is 0. The lowest BCUT2D eigenvalue weighted by Gasteiger charge is -2.20. The predicted octanol–water partition coefficient (Wildman–Crippen LogP) is 1.90. The number of fused-ring (bicyclic) bond motifs is 1. The van der Waals surface area contributed by atoms with Crippen LogP contribution in [-0.4, -0.2) is 58.5 Å². The van der Waals surface area contributed by atoms with E-state index in [1.165, 1.54) is 15.3 Å². The number of hydrogen-bond acceptors (Lipinski definition) is 6. The third-order valence-electron chi connectivity index (χ3n) is 5.24. The zero-order valence-electron chi connectivity index (χ0n) is 16.8. The number of carbonyl (C=O) groups excluding carboxylic acids is 1.